The van der Waals surface area contributed by atoms with Gasteiger partial charge in [0.2, 0.25) is 5.91 Å². The SMILES string of the molecule is Cc1cc(CNCCC(=O)NCC(=O)O)cc(C)c1OCc1ccccc1Cl. The Balaban J connectivity index is 1.85. The first kappa shape index (κ1) is 21.7. The van der Waals surface area contributed by atoms with Crippen LogP contribution in [-0.4, -0.2) is 30.1 Å². The van der Waals surface area contributed by atoms with Gasteiger partial charge in [0.05, 0.1) is 0 Å². The molecule has 0 radical (unpaired) electrons. The summed E-state index contributed by atoms with van der Waals surface area (Å²) in [5.41, 5.74) is 4.09. The van der Waals surface area contributed by atoms with Crippen LogP contribution in [0.3, 0.4) is 0 Å². The van der Waals surface area contributed by atoms with E-state index in [4.69, 9.17) is 21.4 Å². The summed E-state index contributed by atoms with van der Waals surface area (Å²) in [6.07, 6.45) is 0.226. The lowest BCUT2D eigenvalue weighted by atomic mass is 10.1. The molecular weight excluding hydrogens is 380 g/mol. The first-order valence-electron chi connectivity index (χ1n) is 9.02. The van der Waals surface area contributed by atoms with Gasteiger partial charge in [0.1, 0.15) is 18.9 Å². The molecular formula is C21H25ClN2O4. The number of carboxylic acid groups (broad SMARTS) is 1. The fourth-order valence-electron chi connectivity index (χ4n) is 2.83. The Morgan fingerprint density at radius 3 is 2.46 bits per heavy atom. The minimum atomic E-state index is -1.05. The number of amides is 1. The first-order valence-corrected chi connectivity index (χ1v) is 9.40. The van der Waals surface area contributed by atoms with Gasteiger partial charge in [-0.1, -0.05) is 41.9 Å². The van der Waals surface area contributed by atoms with Crippen LogP contribution in [0.2, 0.25) is 5.02 Å². The molecule has 7 heteroatoms. The Bertz CT molecular complexity index is 816. The number of aryl methyl sites for hydroxylation is 2. The topological polar surface area (TPSA) is 87.7 Å². The molecule has 0 aliphatic rings. The first-order chi connectivity index (χ1) is 13.4. The highest BCUT2D eigenvalue weighted by Crippen LogP contribution is 2.27. The standard InChI is InChI=1S/C21H25ClN2O4/c1-14-9-16(11-23-8-7-19(25)24-12-20(26)27)10-15(2)21(14)28-13-17-5-3-4-6-18(17)22/h3-6,9-10,23H,7-8,11-13H2,1-2H3,(H,24,25)(H,26,27). The van der Waals surface area contributed by atoms with Crippen molar-refractivity contribution in [3.63, 3.8) is 0 Å². The second kappa shape index (κ2) is 10.7. The van der Waals surface area contributed by atoms with Crippen molar-refractivity contribution in [2.75, 3.05) is 13.1 Å². The van der Waals surface area contributed by atoms with Gasteiger partial charge >= 0.3 is 5.97 Å². The number of rotatable bonds is 10. The molecule has 2 aromatic carbocycles. The Morgan fingerprint density at radius 1 is 1.14 bits per heavy atom. The normalized spacial score (nSPS) is 10.5. The van der Waals surface area contributed by atoms with Gasteiger partial charge in [0.25, 0.3) is 0 Å². The maximum Gasteiger partial charge on any atom is 0.322 e. The maximum absolute atomic E-state index is 11.5. The maximum atomic E-state index is 11.5. The number of carbonyl (C=O) groups excluding carboxylic acids is 1. The third-order valence-electron chi connectivity index (χ3n) is 4.14. The molecule has 0 bridgehead atoms. The zero-order chi connectivity index (χ0) is 20.5. The number of hydrogen-bond donors (Lipinski definition) is 3. The van der Waals surface area contributed by atoms with Crippen molar-refractivity contribution < 1.29 is 19.4 Å². The second-order valence-corrected chi connectivity index (χ2v) is 6.94. The van der Waals surface area contributed by atoms with E-state index in [2.05, 4.69) is 10.6 Å². The molecule has 0 atom stereocenters. The second-order valence-electron chi connectivity index (χ2n) is 6.54. The van der Waals surface area contributed by atoms with Gasteiger partial charge in [0.15, 0.2) is 0 Å². The Hall–Kier alpha value is -2.57. The van der Waals surface area contributed by atoms with Gasteiger partial charge in [0, 0.05) is 30.1 Å². The Morgan fingerprint density at radius 2 is 1.82 bits per heavy atom. The molecule has 2 rings (SSSR count). The van der Waals surface area contributed by atoms with Gasteiger partial charge in [-0.3, -0.25) is 9.59 Å². The molecule has 3 N–H and O–H groups in total. The van der Waals surface area contributed by atoms with Crippen molar-refractivity contribution in [1.82, 2.24) is 10.6 Å². The summed E-state index contributed by atoms with van der Waals surface area (Å²) >= 11 is 6.18. The van der Waals surface area contributed by atoms with E-state index in [1.807, 2.05) is 50.2 Å². The molecule has 0 saturated carbocycles. The number of carbonyl (C=O) groups is 2. The van der Waals surface area contributed by atoms with Crippen LogP contribution in [-0.2, 0) is 22.7 Å². The summed E-state index contributed by atoms with van der Waals surface area (Å²) in [7, 11) is 0. The van der Waals surface area contributed by atoms with Crippen LogP contribution in [0.15, 0.2) is 36.4 Å². The van der Waals surface area contributed by atoms with E-state index in [1.54, 1.807) is 0 Å². The van der Waals surface area contributed by atoms with Crippen LogP contribution in [0.5, 0.6) is 5.75 Å². The summed E-state index contributed by atoms with van der Waals surface area (Å²) in [4.78, 5) is 21.9. The van der Waals surface area contributed by atoms with E-state index in [0.717, 1.165) is 28.0 Å². The molecule has 0 heterocycles. The lowest BCUT2D eigenvalue weighted by Gasteiger charge is -2.15. The van der Waals surface area contributed by atoms with Crippen molar-refractivity contribution in [3.8, 4) is 5.75 Å². The van der Waals surface area contributed by atoms with Gasteiger partial charge < -0.3 is 20.5 Å². The van der Waals surface area contributed by atoms with Gasteiger partial charge in [-0.15, -0.1) is 0 Å². The predicted molar refractivity (Wildman–Crippen MR) is 109 cm³/mol. The van der Waals surface area contributed by atoms with Crippen molar-refractivity contribution in [3.05, 3.63) is 63.7 Å². The number of carboxylic acids is 1. The van der Waals surface area contributed by atoms with E-state index in [0.29, 0.717) is 24.7 Å². The fraction of sp³-hybridized carbons (Fsp3) is 0.333. The zero-order valence-corrected chi connectivity index (χ0v) is 16.8. The predicted octanol–water partition coefficient (Wildman–Crippen LogP) is 3.22. The molecule has 0 aromatic heterocycles. The van der Waals surface area contributed by atoms with Gasteiger partial charge in [-0.05, 0) is 36.6 Å². The summed E-state index contributed by atoms with van der Waals surface area (Å²) in [5, 5.41) is 14.7. The minimum Gasteiger partial charge on any atom is -0.488 e. The van der Waals surface area contributed by atoms with Crippen LogP contribution >= 0.6 is 11.6 Å². The Kier molecular flexibility index (Phi) is 8.29. The van der Waals surface area contributed by atoms with Crippen LogP contribution in [0.25, 0.3) is 0 Å². The van der Waals surface area contributed by atoms with Crippen molar-refractivity contribution in [2.24, 2.45) is 0 Å². The van der Waals surface area contributed by atoms with Crippen molar-refractivity contribution in [2.45, 2.75) is 33.4 Å². The highest BCUT2D eigenvalue weighted by molar-refractivity contribution is 6.31. The molecule has 0 aliphatic carbocycles. The number of hydrogen-bond acceptors (Lipinski definition) is 4. The molecule has 6 nitrogen and oxygen atoms in total. The van der Waals surface area contributed by atoms with Crippen LogP contribution in [0.1, 0.15) is 28.7 Å². The molecule has 0 aliphatic heterocycles. The third-order valence-corrected chi connectivity index (χ3v) is 4.51. The average Bonchev–Trinajstić information content (AvgIpc) is 2.64. The number of halogens is 1. The summed E-state index contributed by atoms with van der Waals surface area (Å²) in [6, 6.07) is 11.7. The van der Waals surface area contributed by atoms with Crippen LogP contribution in [0.4, 0.5) is 0 Å². The van der Waals surface area contributed by atoms with E-state index < -0.39 is 5.97 Å². The monoisotopic (exact) mass is 404 g/mol. The zero-order valence-electron chi connectivity index (χ0n) is 16.0. The van der Waals surface area contributed by atoms with E-state index >= 15 is 0 Å². The van der Waals surface area contributed by atoms with Crippen LogP contribution < -0.4 is 15.4 Å². The van der Waals surface area contributed by atoms with Crippen molar-refractivity contribution >= 4 is 23.5 Å². The molecule has 0 saturated heterocycles. The molecule has 2 aromatic rings. The summed E-state index contributed by atoms with van der Waals surface area (Å²) < 4.78 is 5.99. The summed E-state index contributed by atoms with van der Waals surface area (Å²) in [6.45, 7) is 5.12. The third kappa shape index (κ3) is 6.87. The molecule has 0 spiro atoms. The highest BCUT2D eigenvalue weighted by atomic mass is 35.5. The fourth-order valence-corrected chi connectivity index (χ4v) is 3.02. The molecule has 0 fully saturated rings. The Labute approximate surface area is 169 Å². The average molecular weight is 405 g/mol. The number of benzene rings is 2. The molecule has 150 valence electrons. The van der Waals surface area contributed by atoms with Crippen molar-refractivity contribution in [1.29, 1.82) is 0 Å². The molecule has 1 amide bonds. The number of aliphatic carboxylic acids is 1. The van der Waals surface area contributed by atoms with E-state index in [1.165, 1.54) is 0 Å². The minimum absolute atomic E-state index is 0.226. The quantitative estimate of drug-likeness (QED) is 0.529. The van der Waals surface area contributed by atoms with Gasteiger partial charge in [-0.2, -0.15) is 0 Å². The molecule has 28 heavy (non-hydrogen) atoms. The van der Waals surface area contributed by atoms with Crippen LogP contribution in [0, 0.1) is 13.8 Å². The highest BCUT2D eigenvalue weighted by Gasteiger charge is 2.09. The van der Waals surface area contributed by atoms with Gasteiger partial charge in [-0.25, -0.2) is 0 Å². The largest absolute Gasteiger partial charge is 0.488 e. The smallest absolute Gasteiger partial charge is 0.322 e. The molecule has 0 unspecified atom stereocenters. The lowest BCUT2D eigenvalue weighted by Crippen LogP contribution is -2.31. The van der Waals surface area contributed by atoms with E-state index in [9.17, 15) is 9.59 Å². The number of ether oxygens (including phenoxy) is 1. The summed E-state index contributed by atoms with van der Waals surface area (Å²) in [5.74, 6) is -0.494. The lowest BCUT2D eigenvalue weighted by molar-refractivity contribution is -0.137. The number of nitrogens with one attached hydrogen (secondary N) is 2. The van der Waals surface area contributed by atoms with E-state index in [-0.39, 0.29) is 18.9 Å².